The number of aryl methyl sites for hydroxylation is 1. The highest BCUT2D eigenvalue weighted by Gasteiger charge is 2.13. The summed E-state index contributed by atoms with van der Waals surface area (Å²) in [6.07, 6.45) is 0. The monoisotopic (exact) mass is 341 g/mol. The fourth-order valence-corrected chi connectivity index (χ4v) is 2.69. The summed E-state index contributed by atoms with van der Waals surface area (Å²) >= 11 is 0. The molecule has 6 nitrogen and oxygen atoms in total. The Morgan fingerprint density at radius 2 is 1.72 bits per heavy atom. The van der Waals surface area contributed by atoms with E-state index in [1.54, 1.807) is 14.2 Å². The van der Waals surface area contributed by atoms with E-state index in [9.17, 15) is 0 Å². The molecule has 0 radical (unpaired) electrons. The van der Waals surface area contributed by atoms with Crippen molar-refractivity contribution in [2.24, 2.45) is 4.99 Å². The molecule has 0 amide bonds. The molecule has 132 valence electrons. The van der Waals surface area contributed by atoms with Crippen LogP contribution in [0, 0.1) is 6.92 Å². The average Bonchev–Trinajstić information content (AvgIpc) is 3.09. The Hall–Kier alpha value is -2.89. The molecule has 2 aromatic rings. The number of ether oxygens (including phenoxy) is 3. The number of nitrogens with one attached hydrogen (secondary N) is 2. The molecule has 0 fully saturated rings. The maximum absolute atomic E-state index is 5.40. The normalized spacial score (nSPS) is 12.8. The first-order valence-electron chi connectivity index (χ1n) is 8.16. The van der Waals surface area contributed by atoms with Crippen molar-refractivity contribution in [1.29, 1.82) is 0 Å². The molecule has 0 unspecified atom stereocenters. The zero-order valence-electron chi connectivity index (χ0n) is 14.8. The van der Waals surface area contributed by atoms with Gasteiger partial charge in [0, 0.05) is 20.1 Å². The van der Waals surface area contributed by atoms with Crippen molar-refractivity contribution in [3.8, 4) is 17.2 Å². The van der Waals surface area contributed by atoms with Gasteiger partial charge in [0.25, 0.3) is 0 Å². The van der Waals surface area contributed by atoms with Gasteiger partial charge in [0.2, 0.25) is 6.79 Å². The molecule has 25 heavy (non-hydrogen) atoms. The number of aliphatic imine (C=N–C) groups is 1. The predicted octanol–water partition coefficient (Wildman–Crippen LogP) is 2.60. The summed E-state index contributed by atoms with van der Waals surface area (Å²) in [5.74, 6) is 3.22. The molecule has 0 bridgehead atoms. The molecule has 0 atom stereocenters. The van der Waals surface area contributed by atoms with Gasteiger partial charge in [-0.05, 0) is 41.8 Å². The molecule has 0 aromatic heterocycles. The maximum Gasteiger partial charge on any atom is 0.231 e. The van der Waals surface area contributed by atoms with Crippen LogP contribution in [0.2, 0.25) is 0 Å². The second kappa shape index (κ2) is 7.79. The Morgan fingerprint density at radius 3 is 2.40 bits per heavy atom. The summed E-state index contributed by atoms with van der Waals surface area (Å²) < 4.78 is 16.0. The Kier molecular flexibility index (Phi) is 5.28. The highest BCUT2D eigenvalue weighted by atomic mass is 16.7. The Balaban J connectivity index is 1.54. The third-order valence-electron chi connectivity index (χ3n) is 4.04. The molecule has 1 heterocycles. The lowest BCUT2D eigenvalue weighted by Gasteiger charge is -2.13. The lowest BCUT2D eigenvalue weighted by molar-refractivity contribution is 0.174. The molecule has 0 saturated carbocycles. The van der Waals surface area contributed by atoms with Crippen molar-refractivity contribution in [3.63, 3.8) is 0 Å². The van der Waals surface area contributed by atoms with Crippen LogP contribution >= 0.6 is 0 Å². The van der Waals surface area contributed by atoms with Gasteiger partial charge in [0.15, 0.2) is 17.5 Å². The van der Waals surface area contributed by atoms with E-state index in [4.69, 9.17) is 14.2 Å². The van der Waals surface area contributed by atoms with Crippen LogP contribution in [0.4, 0.5) is 0 Å². The molecule has 1 aliphatic rings. The van der Waals surface area contributed by atoms with Crippen LogP contribution in [0.15, 0.2) is 41.4 Å². The van der Waals surface area contributed by atoms with E-state index in [2.05, 4.69) is 21.7 Å². The number of methoxy groups -OCH3 is 1. The number of rotatable bonds is 5. The van der Waals surface area contributed by atoms with Crippen LogP contribution in [0.3, 0.4) is 0 Å². The number of guanidine groups is 1. The first kappa shape index (κ1) is 17.0. The molecular weight excluding hydrogens is 318 g/mol. The number of hydrogen-bond donors (Lipinski definition) is 2. The largest absolute Gasteiger partial charge is 0.496 e. The number of benzene rings is 2. The third-order valence-corrected chi connectivity index (χ3v) is 4.04. The molecule has 6 heteroatoms. The van der Waals surface area contributed by atoms with Crippen molar-refractivity contribution in [1.82, 2.24) is 10.6 Å². The first-order valence-corrected chi connectivity index (χ1v) is 8.16. The fourth-order valence-electron chi connectivity index (χ4n) is 2.69. The van der Waals surface area contributed by atoms with Gasteiger partial charge in [-0.2, -0.15) is 0 Å². The van der Waals surface area contributed by atoms with E-state index >= 15 is 0 Å². The van der Waals surface area contributed by atoms with Crippen LogP contribution < -0.4 is 24.8 Å². The molecular formula is C19H23N3O3. The Labute approximate surface area is 147 Å². The predicted molar refractivity (Wildman–Crippen MR) is 97.3 cm³/mol. The van der Waals surface area contributed by atoms with Gasteiger partial charge in [0.1, 0.15) is 5.75 Å². The van der Waals surface area contributed by atoms with E-state index in [1.165, 1.54) is 5.56 Å². The van der Waals surface area contributed by atoms with Gasteiger partial charge in [-0.15, -0.1) is 0 Å². The van der Waals surface area contributed by atoms with Crippen LogP contribution in [-0.4, -0.2) is 26.9 Å². The van der Waals surface area contributed by atoms with Crippen molar-refractivity contribution in [2.75, 3.05) is 21.0 Å². The second-order valence-electron chi connectivity index (χ2n) is 5.77. The zero-order valence-corrected chi connectivity index (χ0v) is 14.8. The van der Waals surface area contributed by atoms with Crippen LogP contribution in [-0.2, 0) is 13.1 Å². The summed E-state index contributed by atoms with van der Waals surface area (Å²) in [6.45, 7) is 3.66. The lowest BCUT2D eigenvalue weighted by Crippen LogP contribution is -2.36. The molecule has 3 rings (SSSR count). The minimum atomic E-state index is 0.288. The number of nitrogens with zero attached hydrogens (tertiary/aromatic N) is 1. The minimum absolute atomic E-state index is 0.288. The zero-order chi connectivity index (χ0) is 17.6. The summed E-state index contributed by atoms with van der Waals surface area (Å²) in [7, 11) is 3.44. The van der Waals surface area contributed by atoms with E-state index in [0.29, 0.717) is 13.1 Å². The van der Waals surface area contributed by atoms with Gasteiger partial charge >= 0.3 is 0 Å². The summed E-state index contributed by atoms with van der Waals surface area (Å²) in [5.41, 5.74) is 3.39. The van der Waals surface area contributed by atoms with Gasteiger partial charge in [-0.3, -0.25) is 4.99 Å². The van der Waals surface area contributed by atoms with E-state index in [0.717, 1.165) is 34.3 Å². The quantitative estimate of drug-likeness (QED) is 0.646. The molecule has 0 spiro atoms. The Morgan fingerprint density at radius 1 is 1.04 bits per heavy atom. The third kappa shape index (κ3) is 4.15. The van der Waals surface area contributed by atoms with Gasteiger partial charge < -0.3 is 24.8 Å². The van der Waals surface area contributed by atoms with E-state index in [-0.39, 0.29) is 6.79 Å². The number of hydrogen-bond acceptors (Lipinski definition) is 4. The topological polar surface area (TPSA) is 64.1 Å². The van der Waals surface area contributed by atoms with Crippen LogP contribution in [0.5, 0.6) is 17.2 Å². The fraction of sp³-hybridized carbons (Fsp3) is 0.316. The lowest BCUT2D eigenvalue weighted by atomic mass is 10.1. The van der Waals surface area contributed by atoms with Crippen molar-refractivity contribution in [3.05, 3.63) is 53.1 Å². The highest BCUT2D eigenvalue weighted by molar-refractivity contribution is 5.79. The van der Waals surface area contributed by atoms with E-state index < -0.39 is 0 Å². The van der Waals surface area contributed by atoms with Gasteiger partial charge in [-0.25, -0.2) is 0 Å². The summed E-state index contributed by atoms with van der Waals surface area (Å²) in [4.78, 5) is 4.26. The first-order chi connectivity index (χ1) is 12.2. The average molecular weight is 341 g/mol. The maximum atomic E-state index is 5.40. The van der Waals surface area contributed by atoms with Crippen LogP contribution in [0.1, 0.15) is 16.7 Å². The van der Waals surface area contributed by atoms with Gasteiger partial charge in [-0.1, -0.05) is 18.2 Å². The standard InChI is InChI=1S/C19H23N3O3/c1-13-8-14(4-6-16(13)23-3)10-21-19(20-2)22-11-15-5-7-17-18(9-15)25-12-24-17/h4-9H,10-12H2,1-3H3,(H2,20,21,22). The molecule has 2 N–H and O–H groups in total. The molecule has 0 saturated heterocycles. The molecule has 0 aliphatic carbocycles. The number of fused-ring (bicyclic) bond motifs is 1. The summed E-state index contributed by atoms with van der Waals surface area (Å²) in [6, 6.07) is 12.1. The summed E-state index contributed by atoms with van der Waals surface area (Å²) in [5, 5.41) is 6.62. The smallest absolute Gasteiger partial charge is 0.231 e. The minimum Gasteiger partial charge on any atom is -0.496 e. The highest BCUT2D eigenvalue weighted by Crippen LogP contribution is 2.32. The van der Waals surface area contributed by atoms with Crippen molar-refractivity contribution >= 4 is 5.96 Å². The van der Waals surface area contributed by atoms with Crippen LogP contribution in [0.25, 0.3) is 0 Å². The molecule has 1 aliphatic heterocycles. The van der Waals surface area contributed by atoms with E-state index in [1.807, 2.05) is 37.3 Å². The van der Waals surface area contributed by atoms with Crippen molar-refractivity contribution < 1.29 is 14.2 Å². The van der Waals surface area contributed by atoms with Gasteiger partial charge in [0.05, 0.1) is 7.11 Å². The second-order valence-corrected chi connectivity index (χ2v) is 5.77. The molecule has 2 aromatic carbocycles. The van der Waals surface area contributed by atoms with Crippen molar-refractivity contribution in [2.45, 2.75) is 20.0 Å². The Bertz CT molecular complexity index is 775. The SMILES string of the molecule is CN=C(NCc1ccc(OC)c(C)c1)NCc1ccc2c(c1)OCO2.